The molecule has 48 heavy (non-hydrogen) atoms. The number of halogens is 2. The molecule has 1 atom stereocenters. The molecule has 2 heterocycles. The molecule has 5 rings (SSSR count). The van der Waals surface area contributed by atoms with E-state index in [1.54, 1.807) is 26.0 Å². The van der Waals surface area contributed by atoms with Crippen LogP contribution in [0.3, 0.4) is 0 Å². The Balaban J connectivity index is 1.61. The van der Waals surface area contributed by atoms with Gasteiger partial charge in [-0.3, -0.25) is 14.5 Å². The number of hydrogen-bond donors (Lipinski definition) is 3. The zero-order valence-electron chi connectivity index (χ0n) is 27.7. The van der Waals surface area contributed by atoms with Crippen molar-refractivity contribution < 1.29 is 23.7 Å². The predicted molar refractivity (Wildman–Crippen MR) is 187 cm³/mol. The summed E-state index contributed by atoms with van der Waals surface area (Å²) in [6, 6.07) is 14.1. The van der Waals surface area contributed by atoms with Crippen LogP contribution in [-0.4, -0.2) is 85.4 Å². The second kappa shape index (κ2) is 14.2. The second-order valence-corrected chi connectivity index (χ2v) is 14.3. The van der Waals surface area contributed by atoms with Crippen LogP contribution < -0.4 is 16.4 Å². The summed E-state index contributed by atoms with van der Waals surface area (Å²) in [4.78, 5) is 42.1. The number of hydrogen-bond acceptors (Lipinski definition) is 6. The number of benzene rings is 2. The van der Waals surface area contributed by atoms with Crippen LogP contribution in [0.4, 0.5) is 4.79 Å². The minimum atomic E-state index is -0.949. The largest absolute Gasteiger partial charge is 0.379 e. The number of nitrogens with zero attached hydrogens (tertiary/aromatic N) is 3. The van der Waals surface area contributed by atoms with Crippen molar-refractivity contribution in [2.75, 3.05) is 46.9 Å². The second-order valence-electron chi connectivity index (χ2n) is 13.5. The highest BCUT2D eigenvalue weighted by Gasteiger charge is 2.49. The van der Waals surface area contributed by atoms with Crippen LogP contribution in [-0.2, 0) is 27.3 Å². The average molecular weight is 693 g/mol. The Hall–Kier alpha value is -3.98. The van der Waals surface area contributed by atoms with Crippen LogP contribution in [0, 0.1) is 17.3 Å². The smallest absolute Gasteiger partial charge is 0.313 e. The fourth-order valence-corrected chi connectivity index (χ4v) is 6.72. The van der Waals surface area contributed by atoms with Crippen molar-refractivity contribution >= 4 is 46.6 Å². The van der Waals surface area contributed by atoms with Gasteiger partial charge in [-0.05, 0) is 62.1 Å². The number of Topliss-reactive ketones (excluding diaryl/α,β-unsaturated/α-hetero) is 1. The van der Waals surface area contributed by atoms with E-state index in [0.717, 1.165) is 24.2 Å². The maximum atomic E-state index is 14.4. The first kappa shape index (κ1) is 35.3. The number of likely N-dealkylation sites (N-methyl/N-ethyl adjacent to an activating group) is 1. The number of carbonyl (C=O) groups excluding carboxylic acids is 3. The maximum absolute atomic E-state index is 14.4. The molecule has 1 fully saturated rings. The summed E-state index contributed by atoms with van der Waals surface area (Å²) < 4.78 is 5.52. The molecule has 0 spiro atoms. The van der Waals surface area contributed by atoms with Gasteiger partial charge in [-0.15, -0.1) is 0 Å². The monoisotopic (exact) mass is 691 g/mol. The molecule has 0 aromatic heterocycles. The Morgan fingerprint density at radius 3 is 2.25 bits per heavy atom. The minimum absolute atomic E-state index is 0.121. The van der Waals surface area contributed by atoms with Crippen LogP contribution >= 0.6 is 23.2 Å². The summed E-state index contributed by atoms with van der Waals surface area (Å²) in [5, 5.41) is 11.4. The number of quaternary nitrogens is 1. The van der Waals surface area contributed by atoms with Crippen LogP contribution in [0.1, 0.15) is 31.4 Å². The first-order valence-corrected chi connectivity index (χ1v) is 16.5. The third-order valence-electron chi connectivity index (χ3n) is 8.53. The van der Waals surface area contributed by atoms with E-state index < -0.39 is 28.7 Å². The van der Waals surface area contributed by atoms with Gasteiger partial charge in [0.2, 0.25) is 11.5 Å². The highest BCUT2D eigenvalue weighted by atomic mass is 35.5. The van der Waals surface area contributed by atoms with E-state index in [-0.39, 0.29) is 16.8 Å². The summed E-state index contributed by atoms with van der Waals surface area (Å²) in [5.74, 6) is 5.48. The number of ether oxygens (including phenoxy) is 1. The molecular formula is C36H41Cl2N6O4+. The number of urea groups is 1. The fraction of sp³-hybridized carbons (Fsp3) is 0.389. The summed E-state index contributed by atoms with van der Waals surface area (Å²) in [6.45, 7) is 7.06. The van der Waals surface area contributed by atoms with Crippen molar-refractivity contribution in [3.05, 3.63) is 92.6 Å². The molecule has 12 heteroatoms. The molecule has 2 aromatic carbocycles. The SMILES string of the molecule is CC(C)(C#CC1=C2C(=CC(Cc3ccc(Cl)cc3)(CN3CCOCC3)C1)C(=O)C(C(=O)NCc1ccc(Cl)cc1)=N[N+]2(C)C)NC(N)=O. The third-order valence-corrected chi connectivity index (χ3v) is 9.04. The Morgan fingerprint density at radius 2 is 1.65 bits per heavy atom. The van der Waals surface area contributed by atoms with E-state index in [4.69, 9.17) is 33.7 Å². The van der Waals surface area contributed by atoms with Gasteiger partial charge in [-0.25, -0.2) is 4.79 Å². The van der Waals surface area contributed by atoms with Gasteiger partial charge in [0.25, 0.3) is 5.91 Å². The van der Waals surface area contributed by atoms with Crippen molar-refractivity contribution in [2.24, 2.45) is 16.3 Å². The van der Waals surface area contributed by atoms with E-state index >= 15 is 0 Å². The molecule has 3 amide bonds. The van der Waals surface area contributed by atoms with Crippen molar-refractivity contribution in [2.45, 2.75) is 38.8 Å². The first-order valence-electron chi connectivity index (χ1n) is 15.8. The molecule has 0 radical (unpaired) electrons. The molecule has 1 unspecified atom stereocenters. The summed E-state index contributed by atoms with van der Waals surface area (Å²) >= 11 is 12.3. The molecule has 10 nitrogen and oxygen atoms in total. The summed E-state index contributed by atoms with van der Waals surface area (Å²) in [5.41, 5.74) is 7.31. The topological polar surface area (TPSA) is 126 Å². The van der Waals surface area contributed by atoms with E-state index in [2.05, 4.69) is 32.5 Å². The molecule has 0 bridgehead atoms. The molecule has 2 aliphatic heterocycles. The zero-order valence-corrected chi connectivity index (χ0v) is 29.2. The van der Waals surface area contributed by atoms with Gasteiger partial charge in [0.1, 0.15) is 0 Å². The lowest BCUT2D eigenvalue weighted by Crippen LogP contribution is -2.51. The number of primary amides is 1. The number of nitrogens with one attached hydrogen (secondary N) is 2. The van der Waals surface area contributed by atoms with Crippen LogP contribution in [0.25, 0.3) is 0 Å². The molecule has 1 aliphatic carbocycles. The Morgan fingerprint density at radius 1 is 1.04 bits per heavy atom. The average Bonchev–Trinajstić information content (AvgIpc) is 3.02. The van der Waals surface area contributed by atoms with Crippen molar-refractivity contribution in [3.63, 3.8) is 0 Å². The Labute approximate surface area is 291 Å². The lowest BCUT2D eigenvalue weighted by Gasteiger charge is -2.43. The summed E-state index contributed by atoms with van der Waals surface area (Å²) in [7, 11) is 3.65. The molecule has 252 valence electrons. The number of fused-ring (bicyclic) bond motifs is 1. The van der Waals surface area contributed by atoms with Gasteiger partial charge in [0.05, 0.1) is 44.0 Å². The van der Waals surface area contributed by atoms with Crippen molar-refractivity contribution in [3.8, 4) is 11.8 Å². The van der Waals surface area contributed by atoms with Crippen molar-refractivity contribution in [1.29, 1.82) is 0 Å². The quantitative estimate of drug-likeness (QED) is 0.282. The summed E-state index contributed by atoms with van der Waals surface area (Å²) in [6.07, 6.45) is 3.12. The highest BCUT2D eigenvalue weighted by molar-refractivity contribution is 6.69. The normalized spacial score (nSPS) is 20.9. The molecule has 1 saturated heterocycles. The number of nitrogens with two attached hydrogens (primary N) is 1. The Bertz CT molecular complexity index is 1750. The van der Waals surface area contributed by atoms with E-state index in [0.29, 0.717) is 59.5 Å². The molecule has 4 N–H and O–H groups in total. The fourth-order valence-electron chi connectivity index (χ4n) is 6.47. The number of carbonyl (C=O) groups is 3. The molecular weight excluding hydrogens is 651 g/mol. The standard InChI is InChI=1S/C36H40Cl2N6O4/c1-35(2,41-34(39)47)14-13-26-20-36(23-43-15-17-48-18-16-43,19-24-5-9-27(37)10-6-24)21-29-31(26)44(3,4)42-30(32(29)45)33(46)40-22-25-7-11-28(38)12-8-25/h5-12,21H,15-20,22-23H2,1-4H3,(H3-,39,40,41,46,47)/p+1. The van der Waals surface area contributed by atoms with E-state index in [1.807, 2.05) is 56.6 Å². The van der Waals surface area contributed by atoms with E-state index in [9.17, 15) is 14.4 Å². The van der Waals surface area contributed by atoms with Gasteiger partial charge in [-0.2, -0.15) is 4.59 Å². The van der Waals surface area contributed by atoms with E-state index in [1.165, 1.54) is 0 Å². The lowest BCUT2D eigenvalue weighted by atomic mass is 9.69. The van der Waals surface area contributed by atoms with Gasteiger partial charge < -0.3 is 21.1 Å². The number of ketones is 1. The van der Waals surface area contributed by atoms with Gasteiger partial charge in [0.15, 0.2) is 5.70 Å². The number of morpholine rings is 1. The molecule has 2 aromatic rings. The predicted octanol–water partition coefficient (Wildman–Crippen LogP) is 4.22. The molecule has 0 saturated carbocycles. The van der Waals surface area contributed by atoms with Crippen molar-refractivity contribution in [1.82, 2.24) is 15.5 Å². The highest BCUT2D eigenvalue weighted by Crippen LogP contribution is 2.45. The third kappa shape index (κ3) is 8.53. The maximum Gasteiger partial charge on any atom is 0.313 e. The first-order chi connectivity index (χ1) is 22.7. The zero-order chi connectivity index (χ0) is 34.7. The van der Waals surface area contributed by atoms with Gasteiger partial charge in [-0.1, -0.05) is 70.5 Å². The van der Waals surface area contributed by atoms with Crippen LogP contribution in [0.2, 0.25) is 10.0 Å². The number of allylic oxidation sites excluding steroid dienone is 2. The number of rotatable bonds is 8. The number of amides is 3. The minimum Gasteiger partial charge on any atom is -0.379 e. The van der Waals surface area contributed by atoms with Crippen LogP contribution in [0.5, 0.6) is 0 Å². The van der Waals surface area contributed by atoms with Gasteiger partial charge >= 0.3 is 6.03 Å². The Kier molecular flexibility index (Phi) is 10.5. The lowest BCUT2D eigenvalue weighted by molar-refractivity contribution is -0.857. The van der Waals surface area contributed by atoms with Crippen LogP contribution in [0.15, 0.2) is 76.6 Å². The molecule has 3 aliphatic rings. The van der Waals surface area contributed by atoms with Gasteiger partial charge in [0, 0.05) is 41.6 Å².